The Morgan fingerprint density at radius 3 is 1.76 bits per heavy atom. The first kappa shape index (κ1) is 84.5. The van der Waals surface area contributed by atoms with Crippen LogP contribution in [0.1, 0.15) is 143 Å². The second-order valence-corrected chi connectivity index (χ2v) is 32.7. The van der Waals surface area contributed by atoms with E-state index in [-0.39, 0.29) is 35.7 Å². The van der Waals surface area contributed by atoms with Crippen LogP contribution in [0.2, 0.25) is 0 Å². The van der Waals surface area contributed by atoms with Crippen molar-refractivity contribution in [3.63, 3.8) is 0 Å². The molecule has 7 heterocycles. The SMILES string of the molecule is Cc1nnc(-c2ccc(CNC(=O)C3O[C@@H](C(C)(C)C)C(O)[C@H](O)[C@@H]3O[C@@H]3OC(C(=O)O)[C@@H]([C@@H]4OC(C(=O)O)[C@@H](O[C@@H]5OC(C(=O)NCCCCCCNC(=O)CCCCCN6C(=CC=CC=CC7=[N+](C)c8ccccc8C7(C)C)C(C)(C)c7ccccc76)[C@@H](C(C)(C)C)[C@@H](O)C5O)[C@@H](O)C4O)[C@@H](O)C3O)cc2)nn1. The summed E-state index contributed by atoms with van der Waals surface area (Å²) in [7, 11) is 2.12. The number of fused-ring (bicyclic) bond motifs is 2. The van der Waals surface area contributed by atoms with E-state index in [0.29, 0.717) is 49.2 Å². The molecule has 30 nitrogen and oxygen atoms in total. The second kappa shape index (κ2) is 35.4. The van der Waals surface area contributed by atoms with Crippen LogP contribution >= 0.6 is 0 Å². The number of hydrogen-bond acceptors (Lipinski definition) is 24. The van der Waals surface area contributed by atoms with E-state index in [1.54, 1.807) is 72.7 Å². The first-order chi connectivity index (χ1) is 51.9. The molecule has 1 aromatic heterocycles. The summed E-state index contributed by atoms with van der Waals surface area (Å²) in [5, 5.41) is 139. The number of carboxylic acid groups (broad SMARTS) is 2. The molecule has 0 bridgehead atoms. The molecule has 8 unspecified atom stereocenters. The lowest BCUT2D eigenvalue weighted by molar-refractivity contribution is -0.401. The molecule has 4 aromatic rings. The summed E-state index contributed by atoms with van der Waals surface area (Å²) >= 11 is 0. The smallest absolute Gasteiger partial charge is 0.335 e. The van der Waals surface area contributed by atoms with E-state index in [2.05, 4.69) is 159 Å². The number of allylic oxidation sites excluding steroid dienone is 6. The molecule has 110 heavy (non-hydrogen) atoms. The van der Waals surface area contributed by atoms with E-state index < -0.39 is 157 Å². The highest BCUT2D eigenvalue weighted by Crippen LogP contribution is 2.49. The summed E-state index contributed by atoms with van der Waals surface area (Å²) < 4.78 is 37.8. The summed E-state index contributed by atoms with van der Waals surface area (Å²) in [6.45, 7) is 22.1. The zero-order valence-electron chi connectivity index (χ0n) is 64.5. The van der Waals surface area contributed by atoms with Crippen LogP contribution in [-0.4, -0.2) is 248 Å². The van der Waals surface area contributed by atoms with Gasteiger partial charge in [0.1, 0.15) is 62.0 Å². The van der Waals surface area contributed by atoms with Gasteiger partial charge in [-0.05, 0) is 80.6 Å². The van der Waals surface area contributed by atoms with Crippen molar-refractivity contribution < 1.29 is 108 Å². The van der Waals surface area contributed by atoms with Gasteiger partial charge in [0, 0.05) is 78.6 Å². The van der Waals surface area contributed by atoms with E-state index in [0.717, 1.165) is 32.2 Å². The van der Waals surface area contributed by atoms with Gasteiger partial charge in [0.05, 0.1) is 35.7 Å². The number of aliphatic hydroxyl groups is 8. The molecule has 6 aliphatic heterocycles. The van der Waals surface area contributed by atoms with Crippen LogP contribution in [0.4, 0.5) is 11.4 Å². The largest absolute Gasteiger partial charge is 0.479 e. The summed E-state index contributed by atoms with van der Waals surface area (Å²) in [6, 6.07) is 23.7. The maximum Gasteiger partial charge on any atom is 0.335 e. The molecular weight excluding hydrogens is 1420 g/mol. The van der Waals surface area contributed by atoms with E-state index in [4.69, 9.17) is 28.4 Å². The van der Waals surface area contributed by atoms with E-state index in [9.17, 15) is 75.0 Å². The number of aryl methyl sites for hydroxylation is 1. The molecule has 30 heteroatoms. The monoisotopic (exact) mass is 1530 g/mol. The summed E-state index contributed by atoms with van der Waals surface area (Å²) in [4.78, 5) is 69.9. The standard InChI is InChI=1S/C80H109N9O21/c1-42-84-86-70(87-85-42)44-36-34-43(35-37-44)41-83-72(100)67-65(58(95)59(96)69(106-67)78(5,6)7)109-75-60(97)54(91)52(63(107-75)73(101)102)62-56(93)57(94)66(68(105-62)74(103)104)110-76-61(98)55(92)53(77(2,3)4)64(108-76)71(99)82-39-25-14-13-24-38-81-51(90)33-19-16-26-40-89-48-30-23-21-28-46(48)80(10,11)50(89)32-18-15-17-31-49-79(8,9)45-27-20-22-29-47(45)88(49)12/h15,17-18,20-23,27-32,34-37,52-69,75-76,91-98H,13-14,16,19,24-26,33,38-41H2,1-12H3,(H4-,81,82,83,90,99,100,101,102,103,104)/p+1/t52-,53+,54-,55-,56?,57+,58+,59?,60?,61?,62+,63?,64?,65+,66+,67?,68?,69-,75+,76+/m1/s1. The lowest BCUT2D eigenvalue weighted by atomic mass is 9.71. The van der Waals surface area contributed by atoms with Gasteiger partial charge in [0.2, 0.25) is 23.3 Å². The maximum absolute atomic E-state index is 14.1. The molecule has 3 aromatic carbocycles. The number of ether oxygens (including phenoxy) is 6. The minimum Gasteiger partial charge on any atom is -0.479 e. The Bertz CT molecular complexity index is 4010. The number of nitrogens with one attached hydrogen (secondary N) is 3. The van der Waals surface area contributed by atoms with Crippen LogP contribution in [0.15, 0.2) is 109 Å². The topological polar surface area (TPSA) is 437 Å². The molecule has 10 rings (SSSR count). The van der Waals surface area contributed by atoms with Crippen molar-refractivity contribution in [2.45, 2.75) is 255 Å². The lowest BCUT2D eigenvalue weighted by Crippen LogP contribution is -2.71. The average Bonchev–Trinajstić information content (AvgIpc) is 0.881. The van der Waals surface area contributed by atoms with Crippen molar-refractivity contribution in [3.8, 4) is 11.4 Å². The fourth-order valence-corrected chi connectivity index (χ4v) is 16.0. The van der Waals surface area contributed by atoms with Crippen molar-refractivity contribution in [2.24, 2.45) is 22.7 Å². The molecule has 13 N–H and O–H groups in total. The number of aliphatic hydroxyl groups excluding tert-OH is 8. The first-order valence-corrected chi connectivity index (χ1v) is 37.9. The minimum atomic E-state index is -2.39. The number of nitrogens with zero attached hydrogens (tertiary/aromatic N) is 6. The van der Waals surface area contributed by atoms with E-state index in [1.807, 2.05) is 0 Å². The molecule has 6 aliphatic rings. The van der Waals surface area contributed by atoms with Crippen molar-refractivity contribution in [3.05, 3.63) is 131 Å². The van der Waals surface area contributed by atoms with Gasteiger partial charge >= 0.3 is 11.9 Å². The molecule has 4 fully saturated rings. The molecule has 0 saturated carbocycles. The van der Waals surface area contributed by atoms with Gasteiger partial charge in [-0.25, -0.2) is 9.59 Å². The zero-order valence-corrected chi connectivity index (χ0v) is 64.5. The zero-order chi connectivity index (χ0) is 80.1. The highest BCUT2D eigenvalue weighted by Gasteiger charge is 2.62. The first-order valence-electron chi connectivity index (χ1n) is 37.9. The Labute approximate surface area is 640 Å². The predicted molar refractivity (Wildman–Crippen MR) is 400 cm³/mol. The molecule has 600 valence electrons. The van der Waals surface area contributed by atoms with Gasteiger partial charge < -0.3 is 100 Å². The van der Waals surface area contributed by atoms with Gasteiger partial charge in [-0.15, -0.1) is 20.4 Å². The highest BCUT2D eigenvalue weighted by atomic mass is 16.7. The maximum atomic E-state index is 14.1. The Hall–Kier alpha value is -7.92. The normalized spacial score (nSPS) is 31.2. The van der Waals surface area contributed by atoms with Crippen molar-refractivity contribution in [1.82, 2.24) is 36.3 Å². The highest BCUT2D eigenvalue weighted by molar-refractivity contribution is 6.03. The number of rotatable bonds is 28. The fraction of sp³-hybridized carbons (Fsp3) is 0.600. The molecule has 0 spiro atoms. The number of amides is 3. The summed E-state index contributed by atoms with van der Waals surface area (Å²) in [5.41, 5.74) is 6.44. The third-order valence-electron chi connectivity index (χ3n) is 22.0. The number of unbranched alkanes of at least 4 members (excludes halogenated alkanes) is 5. The fourth-order valence-electron chi connectivity index (χ4n) is 16.0. The number of aromatic nitrogens is 4. The molecule has 0 aliphatic carbocycles. The van der Waals surface area contributed by atoms with Crippen molar-refractivity contribution in [2.75, 3.05) is 31.6 Å². The lowest BCUT2D eigenvalue weighted by Gasteiger charge is -2.52. The number of para-hydroxylation sites is 2. The van der Waals surface area contributed by atoms with Gasteiger partial charge in [-0.3, -0.25) is 14.4 Å². The Balaban J connectivity index is 0.686. The number of carbonyl (C=O) groups is 5. The van der Waals surface area contributed by atoms with Gasteiger partial charge in [0.25, 0.3) is 5.91 Å². The Morgan fingerprint density at radius 2 is 1.14 bits per heavy atom. The quantitative estimate of drug-likeness (QED) is 0.0218. The van der Waals surface area contributed by atoms with Gasteiger partial charge in [0.15, 0.2) is 42.4 Å². The Morgan fingerprint density at radius 1 is 0.564 bits per heavy atom. The number of anilines is 1. The number of hydrogen-bond donors (Lipinski definition) is 13. The predicted octanol–water partition coefficient (Wildman–Crippen LogP) is 3.85. The number of benzene rings is 3. The van der Waals surface area contributed by atoms with Gasteiger partial charge in [-0.1, -0.05) is 154 Å². The average molecular weight is 1530 g/mol. The summed E-state index contributed by atoms with van der Waals surface area (Å²) in [6.07, 6.45) is -20.9. The molecular formula is C80H110N9O21+. The third kappa shape index (κ3) is 18.6. The molecule has 4 saturated heterocycles. The number of aliphatic carboxylic acids is 2. The number of carboxylic acids is 2. The van der Waals surface area contributed by atoms with Crippen LogP contribution in [0.3, 0.4) is 0 Å². The van der Waals surface area contributed by atoms with Crippen LogP contribution in [0.25, 0.3) is 11.4 Å². The minimum absolute atomic E-state index is 0.0290. The summed E-state index contributed by atoms with van der Waals surface area (Å²) in [5.74, 6) is -8.05. The van der Waals surface area contributed by atoms with Crippen LogP contribution < -0.4 is 20.9 Å². The Kier molecular flexibility index (Phi) is 27.2. The molecule has 3 amide bonds. The van der Waals surface area contributed by atoms with Gasteiger partial charge in [-0.2, -0.15) is 4.58 Å². The van der Waals surface area contributed by atoms with Crippen LogP contribution in [0, 0.1) is 29.6 Å². The second-order valence-electron chi connectivity index (χ2n) is 32.7. The van der Waals surface area contributed by atoms with Crippen LogP contribution in [0.5, 0.6) is 0 Å². The molecule has 0 radical (unpaired) electrons. The number of carbonyl (C=O) groups excluding carboxylic acids is 3. The van der Waals surface area contributed by atoms with Crippen molar-refractivity contribution in [1.29, 1.82) is 0 Å². The third-order valence-corrected chi connectivity index (χ3v) is 22.0. The van der Waals surface area contributed by atoms with Crippen molar-refractivity contribution >= 4 is 46.7 Å². The molecule has 20 atom stereocenters. The van der Waals surface area contributed by atoms with E-state index >= 15 is 0 Å². The van der Waals surface area contributed by atoms with Crippen LogP contribution in [-0.2, 0) is 69.8 Å². The van der Waals surface area contributed by atoms with E-state index in [1.165, 1.54) is 33.9 Å².